The van der Waals surface area contributed by atoms with E-state index in [9.17, 15) is 4.79 Å². The number of rotatable bonds is 7. The lowest BCUT2D eigenvalue weighted by Crippen LogP contribution is -2.29. The third kappa shape index (κ3) is 3.96. The molecule has 6 heteroatoms. The highest BCUT2D eigenvalue weighted by Crippen LogP contribution is 2.27. The van der Waals surface area contributed by atoms with E-state index in [0.717, 1.165) is 22.0 Å². The Labute approximate surface area is 152 Å². The van der Waals surface area contributed by atoms with Crippen LogP contribution in [0.15, 0.2) is 42.6 Å². The van der Waals surface area contributed by atoms with Gasteiger partial charge in [-0.25, -0.2) is 0 Å². The molecule has 0 aliphatic heterocycles. The molecule has 0 saturated carbocycles. The molecule has 0 radical (unpaired) electrons. The van der Waals surface area contributed by atoms with Crippen LogP contribution in [0.4, 0.5) is 0 Å². The monoisotopic (exact) mass is 353 g/mol. The minimum atomic E-state index is -0.0583. The summed E-state index contributed by atoms with van der Waals surface area (Å²) in [5.74, 6) is 1.33. The molecule has 0 bridgehead atoms. The maximum absolute atomic E-state index is 12.2. The number of carbonyl (C=O) groups excluding carboxylic acids is 1. The molecule has 136 valence electrons. The fraction of sp³-hybridized carbons (Fsp3) is 0.300. The Hall–Kier alpha value is -3.02. The van der Waals surface area contributed by atoms with E-state index in [-0.39, 0.29) is 12.5 Å². The van der Waals surface area contributed by atoms with E-state index in [1.165, 1.54) is 0 Å². The van der Waals surface area contributed by atoms with E-state index in [2.05, 4.69) is 10.4 Å². The van der Waals surface area contributed by atoms with Gasteiger partial charge in [0.05, 0.1) is 25.9 Å². The van der Waals surface area contributed by atoms with Crippen molar-refractivity contribution >= 4 is 16.8 Å². The zero-order valence-corrected chi connectivity index (χ0v) is 15.3. The van der Waals surface area contributed by atoms with Crippen molar-refractivity contribution in [2.24, 2.45) is 0 Å². The molecule has 3 rings (SSSR count). The normalized spacial score (nSPS) is 10.7. The standard InChI is InChI=1S/C20H23N3O3/c1-14-4-6-16-12-22-23(17(16)10-14)13-20(24)21-9-8-15-5-7-18(25-2)19(11-15)26-3/h4-7,10-12H,8-9,13H2,1-3H3,(H,21,24). The SMILES string of the molecule is COc1ccc(CCNC(=O)Cn2ncc3ccc(C)cc32)cc1OC. The lowest BCUT2D eigenvalue weighted by molar-refractivity contribution is -0.121. The highest BCUT2D eigenvalue weighted by molar-refractivity contribution is 5.82. The minimum Gasteiger partial charge on any atom is -0.493 e. The molecule has 0 aliphatic rings. The van der Waals surface area contributed by atoms with Gasteiger partial charge in [-0.2, -0.15) is 5.10 Å². The van der Waals surface area contributed by atoms with Gasteiger partial charge in [0.25, 0.3) is 0 Å². The number of fused-ring (bicyclic) bond motifs is 1. The topological polar surface area (TPSA) is 65.4 Å². The molecular formula is C20H23N3O3. The Balaban J connectivity index is 1.56. The summed E-state index contributed by atoms with van der Waals surface area (Å²) in [6.07, 6.45) is 2.50. The number of nitrogens with zero attached hydrogens (tertiary/aromatic N) is 2. The first-order valence-corrected chi connectivity index (χ1v) is 8.50. The van der Waals surface area contributed by atoms with E-state index < -0.39 is 0 Å². The maximum Gasteiger partial charge on any atom is 0.241 e. The van der Waals surface area contributed by atoms with Crippen molar-refractivity contribution in [3.8, 4) is 11.5 Å². The van der Waals surface area contributed by atoms with E-state index in [4.69, 9.17) is 9.47 Å². The van der Waals surface area contributed by atoms with Gasteiger partial charge in [0.2, 0.25) is 5.91 Å². The van der Waals surface area contributed by atoms with Crippen molar-refractivity contribution in [1.29, 1.82) is 0 Å². The van der Waals surface area contributed by atoms with Gasteiger partial charge in [-0.1, -0.05) is 18.2 Å². The summed E-state index contributed by atoms with van der Waals surface area (Å²) in [4.78, 5) is 12.2. The van der Waals surface area contributed by atoms with Gasteiger partial charge in [0.1, 0.15) is 6.54 Å². The molecule has 0 spiro atoms. The van der Waals surface area contributed by atoms with Crippen LogP contribution in [-0.2, 0) is 17.8 Å². The maximum atomic E-state index is 12.2. The zero-order chi connectivity index (χ0) is 18.5. The Morgan fingerprint density at radius 2 is 1.92 bits per heavy atom. The molecule has 1 aromatic heterocycles. The molecule has 0 atom stereocenters. The Kier molecular flexibility index (Phi) is 5.41. The summed E-state index contributed by atoms with van der Waals surface area (Å²) >= 11 is 0. The Bertz CT molecular complexity index is 918. The zero-order valence-electron chi connectivity index (χ0n) is 15.3. The van der Waals surface area contributed by atoms with Gasteiger partial charge in [-0.3, -0.25) is 9.48 Å². The molecule has 1 N–H and O–H groups in total. The number of carbonyl (C=O) groups is 1. The van der Waals surface area contributed by atoms with Gasteiger partial charge in [0.15, 0.2) is 11.5 Å². The second kappa shape index (κ2) is 7.91. The molecule has 0 fully saturated rings. The van der Waals surface area contributed by atoms with Gasteiger partial charge in [0, 0.05) is 11.9 Å². The molecule has 6 nitrogen and oxygen atoms in total. The highest BCUT2D eigenvalue weighted by atomic mass is 16.5. The summed E-state index contributed by atoms with van der Waals surface area (Å²) in [6, 6.07) is 11.9. The van der Waals surface area contributed by atoms with E-state index in [0.29, 0.717) is 24.5 Å². The number of hydrogen-bond donors (Lipinski definition) is 1. The lowest BCUT2D eigenvalue weighted by atomic mass is 10.1. The predicted molar refractivity (Wildman–Crippen MR) is 101 cm³/mol. The minimum absolute atomic E-state index is 0.0583. The third-order valence-electron chi connectivity index (χ3n) is 4.28. The molecule has 0 aliphatic carbocycles. The molecule has 2 aromatic carbocycles. The predicted octanol–water partition coefficient (Wildman–Crippen LogP) is 2.72. The molecular weight excluding hydrogens is 330 g/mol. The smallest absolute Gasteiger partial charge is 0.241 e. The van der Waals surface area contributed by atoms with Crippen LogP contribution in [0.25, 0.3) is 10.9 Å². The van der Waals surface area contributed by atoms with Gasteiger partial charge in [-0.15, -0.1) is 0 Å². The first-order valence-electron chi connectivity index (χ1n) is 8.50. The summed E-state index contributed by atoms with van der Waals surface area (Å²) in [5, 5.41) is 8.29. The fourth-order valence-corrected chi connectivity index (χ4v) is 2.88. The number of ether oxygens (including phenoxy) is 2. The number of aryl methyl sites for hydroxylation is 1. The van der Waals surface area contributed by atoms with Crippen LogP contribution in [0, 0.1) is 6.92 Å². The van der Waals surface area contributed by atoms with Crippen LogP contribution in [-0.4, -0.2) is 36.5 Å². The average molecular weight is 353 g/mol. The van der Waals surface area contributed by atoms with Crippen molar-refractivity contribution < 1.29 is 14.3 Å². The summed E-state index contributed by atoms with van der Waals surface area (Å²) in [6.45, 7) is 2.78. The molecule has 26 heavy (non-hydrogen) atoms. The van der Waals surface area contributed by atoms with Crippen LogP contribution in [0.2, 0.25) is 0 Å². The van der Waals surface area contributed by atoms with Crippen molar-refractivity contribution in [2.45, 2.75) is 19.9 Å². The first-order chi connectivity index (χ1) is 12.6. The van der Waals surface area contributed by atoms with Crippen molar-refractivity contribution in [3.05, 3.63) is 53.7 Å². The fourth-order valence-electron chi connectivity index (χ4n) is 2.88. The lowest BCUT2D eigenvalue weighted by Gasteiger charge is -2.10. The number of hydrogen-bond acceptors (Lipinski definition) is 4. The largest absolute Gasteiger partial charge is 0.493 e. The molecule has 0 saturated heterocycles. The average Bonchev–Trinajstić information content (AvgIpc) is 3.03. The molecule has 1 heterocycles. The number of benzene rings is 2. The van der Waals surface area contributed by atoms with Crippen molar-refractivity contribution in [1.82, 2.24) is 15.1 Å². The molecule has 0 unspecified atom stereocenters. The molecule has 3 aromatic rings. The van der Waals surface area contributed by atoms with Gasteiger partial charge >= 0.3 is 0 Å². The van der Waals surface area contributed by atoms with Gasteiger partial charge < -0.3 is 14.8 Å². The van der Waals surface area contributed by atoms with Crippen LogP contribution >= 0.6 is 0 Å². The molecule has 1 amide bonds. The number of amides is 1. The van der Waals surface area contributed by atoms with E-state index in [1.54, 1.807) is 25.1 Å². The summed E-state index contributed by atoms with van der Waals surface area (Å²) in [5.41, 5.74) is 3.19. The quantitative estimate of drug-likeness (QED) is 0.709. The summed E-state index contributed by atoms with van der Waals surface area (Å²) < 4.78 is 12.3. The van der Waals surface area contributed by atoms with E-state index in [1.807, 2.05) is 43.3 Å². The second-order valence-corrected chi connectivity index (χ2v) is 6.15. The third-order valence-corrected chi connectivity index (χ3v) is 4.28. The Morgan fingerprint density at radius 1 is 1.12 bits per heavy atom. The van der Waals surface area contributed by atoms with Crippen molar-refractivity contribution in [3.63, 3.8) is 0 Å². The Morgan fingerprint density at radius 3 is 2.69 bits per heavy atom. The summed E-state index contributed by atoms with van der Waals surface area (Å²) in [7, 11) is 3.22. The van der Waals surface area contributed by atoms with Crippen LogP contribution in [0.1, 0.15) is 11.1 Å². The van der Waals surface area contributed by atoms with Crippen LogP contribution in [0.5, 0.6) is 11.5 Å². The number of methoxy groups -OCH3 is 2. The van der Waals surface area contributed by atoms with E-state index >= 15 is 0 Å². The van der Waals surface area contributed by atoms with Crippen LogP contribution < -0.4 is 14.8 Å². The van der Waals surface area contributed by atoms with Crippen LogP contribution in [0.3, 0.4) is 0 Å². The van der Waals surface area contributed by atoms with Crippen molar-refractivity contribution in [2.75, 3.05) is 20.8 Å². The first kappa shape index (κ1) is 17.8. The second-order valence-electron chi connectivity index (χ2n) is 6.15. The van der Waals surface area contributed by atoms with Gasteiger partial charge in [-0.05, 0) is 42.7 Å². The number of nitrogens with one attached hydrogen (secondary N) is 1. The highest BCUT2D eigenvalue weighted by Gasteiger charge is 2.08. The number of aromatic nitrogens is 2.